The van der Waals surface area contributed by atoms with Gasteiger partial charge in [-0.1, -0.05) is 48.5 Å². The predicted octanol–water partition coefficient (Wildman–Crippen LogP) is 5.22. The fourth-order valence-electron chi connectivity index (χ4n) is 2.99. The molecule has 0 spiro atoms. The second-order valence-electron chi connectivity index (χ2n) is 6.28. The van der Waals surface area contributed by atoms with Crippen LogP contribution in [0, 0.1) is 0 Å². The maximum Gasteiger partial charge on any atom is 0.126 e. The molecule has 0 heterocycles. The van der Waals surface area contributed by atoms with E-state index in [0.717, 1.165) is 29.2 Å². The average molecular weight is 347 g/mol. The number of rotatable bonds is 7. The third-order valence-electron chi connectivity index (χ3n) is 4.58. The summed E-state index contributed by atoms with van der Waals surface area (Å²) in [5, 5.41) is 3.59. The summed E-state index contributed by atoms with van der Waals surface area (Å²) in [6.07, 6.45) is 0. The molecule has 3 aromatic carbocycles. The zero-order chi connectivity index (χ0) is 18.4. The fourth-order valence-corrected chi connectivity index (χ4v) is 2.99. The number of ether oxygens (including phenoxy) is 2. The molecule has 1 atom stereocenters. The highest BCUT2D eigenvalue weighted by Crippen LogP contribution is 2.31. The summed E-state index contributed by atoms with van der Waals surface area (Å²) in [6.45, 7) is 2.96. The molecule has 0 amide bonds. The molecule has 3 heteroatoms. The van der Waals surface area contributed by atoms with Crippen molar-refractivity contribution in [2.75, 3.05) is 14.2 Å². The monoisotopic (exact) mass is 347 g/mol. The second kappa shape index (κ2) is 8.54. The Balaban J connectivity index is 1.73. The van der Waals surface area contributed by atoms with Crippen molar-refractivity contribution >= 4 is 0 Å². The molecule has 0 radical (unpaired) electrons. The molecule has 134 valence electrons. The minimum Gasteiger partial charge on any atom is -0.497 e. The van der Waals surface area contributed by atoms with Gasteiger partial charge in [0.15, 0.2) is 0 Å². The van der Waals surface area contributed by atoms with Crippen LogP contribution in [-0.4, -0.2) is 14.2 Å². The van der Waals surface area contributed by atoms with Gasteiger partial charge in [0.2, 0.25) is 0 Å². The smallest absolute Gasteiger partial charge is 0.126 e. The Bertz CT molecular complexity index is 829. The van der Waals surface area contributed by atoms with Crippen molar-refractivity contribution in [2.24, 2.45) is 0 Å². The summed E-state index contributed by atoms with van der Waals surface area (Å²) in [7, 11) is 3.40. The number of nitrogens with one attached hydrogen (secondary N) is 1. The summed E-state index contributed by atoms with van der Waals surface area (Å²) in [4.78, 5) is 0. The molecule has 0 aromatic heterocycles. The van der Waals surface area contributed by atoms with E-state index in [0.29, 0.717) is 0 Å². The van der Waals surface area contributed by atoms with E-state index in [-0.39, 0.29) is 6.04 Å². The maximum atomic E-state index is 5.54. The van der Waals surface area contributed by atoms with Gasteiger partial charge in [-0.25, -0.2) is 0 Å². The lowest BCUT2D eigenvalue weighted by Crippen LogP contribution is -2.18. The van der Waals surface area contributed by atoms with Gasteiger partial charge in [-0.2, -0.15) is 0 Å². The molecule has 1 unspecified atom stereocenters. The minimum absolute atomic E-state index is 0.253. The van der Waals surface area contributed by atoms with Crippen LogP contribution >= 0.6 is 0 Å². The Labute approximate surface area is 155 Å². The van der Waals surface area contributed by atoms with Crippen molar-refractivity contribution in [1.82, 2.24) is 5.32 Å². The Morgan fingerprint density at radius 3 is 2.23 bits per heavy atom. The first kappa shape index (κ1) is 18.0. The quantitative estimate of drug-likeness (QED) is 0.635. The van der Waals surface area contributed by atoms with Crippen molar-refractivity contribution in [3.8, 4) is 22.6 Å². The number of methoxy groups -OCH3 is 2. The lowest BCUT2D eigenvalue weighted by atomic mass is 10.0. The number of hydrogen-bond acceptors (Lipinski definition) is 3. The molecule has 26 heavy (non-hydrogen) atoms. The van der Waals surface area contributed by atoms with E-state index in [2.05, 4.69) is 48.6 Å². The SMILES string of the molecule is COc1ccc(C(C)NCc2ccc(OC)c(-c3ccccc3)c2)cc1. The molecule has 3 aromatic rings. The lowest BCUT2D eigenvalue weighted by molar-refractivity contribution is 0.414. The average Bonchev–Trinajstić information content (AvgIpc) is 2.72. The van der Waals surface area contributed by atoms with Gasteiger partial charge in [-0.05, 0) is 47.9 Å². The first-order valence-corrected chi connectivity index (χ1v) is 8.81. The van der Waals surface area contributed by atoms with Gasteiger partial charge in [0.1, 0.15) is 11.5 Å². The van der Waals surface area contributed by atoms with Crippen molar-refractivity contribution < 1.29 is 9.47 Å². The molecule has 0 aliphatic carbocycles. The van der Waals surface area contributed by atoms with Crippen molar-refractivity contribution in [2.45, 2.75) is 19.5 Å². The van der Waals surface area contributed by atoms with Crippen LogP contribution in [0.3, 0.4) is 0 Å². The molecule has 0 saturated heterocycles. The van der Waals surface area contributed by atoms with Gasteiger partial charge in [0.05, 0.1) is 14.2 Å². The van der Waals surface area contributed by atoms with Crippen molar-refractivity contribution in [1.29, 1.82) is 0 Å². The van der Waals surface area contributed by atoms with Crippen LogP contribution in [0.1, 0.15) is 24.1 Å². The van der Waals surface area contributed by atoms with Gasteiger partial charge in [-0.3, -0.25) is 0 Å². The number of benzene rings is 3. The molecule has 0 saturated carbocycles. The highest BCUT2D eigenvalue weighted by atomic mass is 16.5. The van der Waals surface area contributed by atoms with E-state index in [4.69, 9.17) is 9.47 Å². The van der Waals surface area contributed by atoms with Crippen LogP contribution < -0.4 is 14.8 Å². The highest BCUT2D eigenvalue weighted by molar-refractivity contribution is 5.71. The molecular formula is C23H25NO2. The Kier molecular flexibility index (Phi) is 5.92. The van der Waals surface area contributed by atoms with Crippen LogP contribution in [-0.2, 0) is 6.54 Å². The molecule has 0 aliphatic heterocycles. The first-order valence-electron chi connectivity index (χ1n) is 8.81. The topological polar surface area (TPSA) is 30.5 Å². The predicted molar refractivity (Wildman–Crippen MR) is 107 cm³/mol. The Morgan fingerprint density at radius 2 is 1.58 bits per heavy atom. The van der Waals surface area contributed by atoms with E-state index >= 15 is 0 Å². The summed E-state index contributed by atoms with van der Waals surface area (Å²) in [5.41, 5.74) is 4.74. The van der Waals surface area contributed by atoms with Crippen LogP contribution in [0.5, 0.6) is 11.5 Å². The molecule has 3 nitrogen and oxygen atoms in total. The fraction of sp³-hybridized carbons (Fsp3) is 0.217. The van der Waals surface area contributed by atoms with E-state index in [1.165, 1.54) is 11.1 Å². The third-order valence-corrected chi connectivity index (χ3v) is 4.58. The van der Waals surface area contributed by atoms with E-state index in [1.54, 1.807) is 14.2 Å². The highest BCUT2D eigenvalue weighted by Gasteiger charge is 2.09. The van der Waals surface area contributed by atoms with Crippen LogP contribution in [0.4, 0.5) is 0 Å². The molecule has 0 bridgehead atoms. The minimum atomic E-state index is 0.253. The van der Waals surface area contributed by atoms with Gasteiger partial charge in [0.25, 0.3) is 0 Å². The summed E-state index contributed by atoms with van der Waals surface area (Å²) in [6, 6.07) is 25.1. The zero-order valence-electron chi connectivity index (χ0n) is 15.5. The van der Waals surface area contributed by atoms with Crippen molar-refractivity contribution in [3.05, 3.63) is 83.9 Å². The molecule has 0 aliphatic rings. The van der Waals surface area contributed by atoms with Gasteiger partial charge >= 0.3 is 0 Å². The summed E-state index contributed by atoms with van der Waals surface area (Å²) >= 11 is 0. The normalized spacial score (nSPS) is 11.8. The maximum absolute atomic E-state index is 5.54. The van der Waals surface area contributed by atoms with Crippen LogP contribution in [0.2, 0.25) is 0 Å². The van der Waals surface area contributed by atoms with E-state index < -0.39 is 0 Å². The second-order valence-corrected chi connectivity index (χ2v) is 6.28. The van der Waals surface area contributed by atoms with Gasteiger partial charge in [-0.15, -0.1) is 0 Å². The van der Waals surface area contributed by atoms with Gasteiger partial charge < -0.3 is 14.8 Å². The summed E-state index contributed by atoms with van der Waals surface area (Å²) < 4.78 is 10.8. The molecule has 1 N–H and O–H groups in total. The number of hydrogen-bond donors (Lipinski definition) is 1. The third kappa shape index (κ3) is 4.24. The van der Waals surface area contributed by atoms with Crippen molar-refractivity contribution in [3.63, 3.8) is 0 Å². The largest absolute Gasteiger partial charge is 0.497 e. The molecule has 3 rings (SSSR count). The standard InChI is InChI=1S/C23H25NO2/c1-17(19-10-12-21(25-2)13-11-19)24-16-18-9-14-23(26-3)22(15-18)20-7-5-4-6-8-20/h4-15,17,24H,16H2,1-3H3. The van der Waals surface area contributed by atoms with Crippen LogP contribution in [0.25, 0.3) is 11.1 Å². The Morgan fingerprint density at radius 1 is 0.846 bits per heavy atom. The van der Waals surface area contributed by atoms with Gasteiger partial charge in [0, 0.05) is 18.2 Å². The lowest BCUT2D eigenvalue weighted by Gasteiger charge is -2.16. The van der Waals surface area contributed by atoms with E-state index in [1.807, 2.05) is 36.4 Å². The first-order chi connectivity index (χ1) is 12.7. The molecular weight excluding hydrogens is 322 g/mol. The zero-order valence-corrected chi connectivity index (χ0v) is 15.5. The van der Waals surface area contributed by atoms with Crippen LogP contribution in [0.15, 0.2) is 72.8 Å². The Hall–Kier alpha value is -2.78. The summed E-state index contributed by atoms with van der Waals surface area (Å²) in [5.74, 6) is 1.77. The molecule has 0 fully saturated rings. The van der Waals surface area contributed by atoms with E-state index in [9.17, 15) is 0 Å².